The van der Waals surface area contributed by atoms with Gasteiger partial charge in [0.2, 0.25) is 0 Å². The molecule has 0 radical (unpaired) electrons. The molecule has 0 saturated carbocycles. The maximum atomic E-state index is 12.7. The average molecular weight is 315 g/mol. The van der Waals surface area contributed by atoms with E-state index in [0.717, 1.165) is 22.7 Å². The highest BCUT2D eigenvalue weighted by Crippen LogP contribution is 2.31. The van der Waals surface area contributed by atoms with Crippen molar-refractivity contribution in [3.05, 3.63) is 46.0 Å². The van der Waals surface area contributed by atoms with Crippen LogP contribution in [-0.4, -0.2) is 9.59 Å². The second-order valence-corrected chi connectivity index (χ2v) is 5.97. The summed E-state index contributed by atoms with van der Waals surface area (Å²) in [5.41, 5.74) is 6.84. The van der Waals surface area contributed by atoms with Crippen LogP contribution in [0, 0.1) is 0 Å². The predicted molar refractivity (Wildman–Crippen MR) is 76.1 cm³/mol. The van der Waals surface area contributed by atoms with Gasteiger partial charge in [-0.15, -0.1) is 5.10 Å². The summed E-state index contributed by atoms with van der Waals surface area (Å²) in [5, 5.41) is 4.04. The minimum atomic E-state index is -4.34. The van der Waals surface area contributed by atoms with Gasteiger partial charge in [0.1, 0.15) is 0 Å². The van der Waals surface area contributed by atoms with E-state index < -0.39 is 17.8 Å². The number of hydrogen-bond acceptors (Lipinski definition) is 4. The lowest BCUT2D eigenvalue weighted by atomic mass is 9.99. The zero-order valence-electron chi connectivity index (χ0n) is 11.7. The van der Waals surface area contributed by atoms with Gasteiger partial charge in [0, 0.05) is 6.04 Å². The molecule has 0 spiro atoms. The number of halogens is 3. The number of benzene rings is 1. The summed E-state index contributed by atoms with van der Waals surface area (Å²) >= 11 is 1.21. The summed E-state index contributed by atoms with van der Waals surface area (Å²) < 4.78 is 42.0. The van der Waals surface area contributed by atoms with Gasteiger partial charge in [-0.1, -0.05) is 36.5 Å². The number of alkyl halides is 3. The van der Waals surface area contributed by atoms with E-state index in [1.54, 1.807) is 6.07 Å². The van der Waals surface area contributed by atoms with Crippen LogP contribution < -0.4 is 5.73 Å². The van der Waals surface area contributed by atoms with Crippen molar-refractivity contribution in [3.63, 3.8) is 0 Å². The fourth-order valence-electron chi connectivity index (χ4n) is 2.08. The maximum absolute atomic E-state index is 12.7. The van der Waals surface area contributed by atoms with E-state index in [0.29, 0.717) is 12.0 Å². The van der Waals surface area contributed by atoms with E-state index >= 15 is 0 Å². The zero-order valence-corrected chi connectivity index (χ0v) is 12.5. The number of hydrogen-bond donors (Lipinski definition) is 1. The van der Waals surface area contributed by atoms with Crippen molar-refractivity contribution >= 4 is 11.5 Å². The van der Waals surface area contributed by atoms with Gasteiger partial charge < -0.3 is 5.73 Å². The molecule has 0 fully saturated rings. The Kier molecular flexibility index (Phi) is 4.63. The fourth-order valence-corrected chi connectivity index (χ4v) is 2.89. The normalized spacial score (nSPS) is 13.7. The van der Waals surface area contributed by atoms with Crippen LogP contribution in [-0.2, 0) is 12.6 Å². The van der Waals surface area contributed by atoms with Gasteiger partial charge in [-0.3, -0.25) is 0 Å². The van der Waals surface area contributed by atoms with E-state index in [4.69, 9.17) is 5.73 Å². The molecule has 114 valence electrons. The Morgan fingerprint density at radius 2 is 2.00 bits per heavy atom. The topological polar surface area (TPSA) is 51.8 Å². The Labute approximate surface area is 125 Å². The van der Waals surface area contributed by atoms with Gasteiger partial charge in [0.05, 0.1) is 16.1 Å². The number of nitrogens with two attached hydrogens (primary N) is 1. The molecule has 0 aliphatic rings. The van der Waals surface area contributed by atoms with Crippen LogP contribution in [0.3, 0.4) is 0 Å². The predicted octanol–water partition coefficient (Wildman–Crippen LogP) is 3.92. The Morgan fingerprint density at radius 3 is 2.62 bits per heavy atom. The number of nitrogens with zero attached hydrogens (tertiary/aromatic N) is 2. The molecule has 7 heteroatoms. The molecule has 3 nitrogen and oxygen atoms in total. The average Bonchev–Trinajstić information content (AvgIpc) is 2.87. The molecule has 2 aromatic rings. The highest BCUT2D eigenvalue weighted by Gasteiger charge is 2.30. The second kappa shape index (κ2) is 6.11. The van der Waals surface area contributed by atoms with Crippen LogP contribution >= 0.6 is 11.5 Å². The van der Waals surface area contributed by atoms with Gasteiger partial charge >= 0.3 is 6.18 Å². The summed E-state index contributed by atoms with van der Waals surface area (Å²) in [6, 6.07) is 4.86. The molecule has 0 aliphatic heterocycles. The molecule has 1 unspecified atom stereocenters. The van der Waals surface area contributed by atoms with Gasteiger partial charge in [0.15, 0.2) is 0 Å². The minimum absolute atomic E-state index is 0.186. The Bertz CT molecular complexity index is 608. The quantitative estimate of drug-likeness (QED) is 0.930. The van der Waals surface area contributed by atoms with E-state index in [1.807, 2.05) is 13.8 Å². The third-order valence-electron chi connectivity index (χ3n) is 3.13. The van der Waals surface area contributed by atoms with Crippen molar-refractivity contribution in [2.24, 2.45) is 5.73 Å². The molecule has 1 aromatic carbocycles. The van der Waals surface area contributed by atoms with E-state index in [2.05, 4.69) is 9.59 Å². The Balaban J connectivity index is 2.20. The molecule has 0 amide bonds. The largest absolute Gasteiger partial charge is 0.416 e. The summed E-state index contributed by atoms with van der Waals surface area (Å²) in [6.07, 6.45) is -4.01. The lowest BCUT2D eigenvalue weighted by Crippen LogP contribution is -2.15. The molecule has 0 saturated heterocycles. The van der Waals surface area contributed by atoms with Gasteiger partial charge in [0.25, 0.3) is 0 Å². The van der Waals surface area contributed by atoms with Crippen molar-refractivity contribution in [1.82, 2.24) is 9.59 Å². The molecule has 2 rings (SSSR count). The molecule has 21 heavy (non-hydrogen) atoms. The molecule has 1 atom stereocenters. The summed E-state index contributed by atoms with van der Waals surface area (Å²) in [6.45, 7) is 3.97. The molecule has 2 N–H and O–H groups in total. The zero-order chi connectivity index (χ0) is 15.6. The molecule has 0 bridgehead atoms. The summed E-state index contributed by atoms with van der Waals surface area (Å²) in [7, 11) is 0. The van der Waals surface area contributed by atoms with Gasteiger partial charge in [-0.2, -0.15) is 13.2 Å². The number of rotatable bonds is 4. The summed E-state index contributed by atoms with van der Waals surface area (Å²) in [4.78, 5) is 0.836. The van der Waals surface area contributed by atoms with Crippen LogP contribution in [0.5, 0.6) is 0 Å². The van der Waals surface area contributed by atoms with Gasteiger partial charge in [-0.25, -0.2) is 0 Å². The third-order valence-corrected chi connectivity index (χ3v) is 4.01. The first-order chi connectivity index (χ1) is 9.79. The first kappa shape index (κ1) is 15.9. The van der Waals surface area contributed by atoms with Crippen molar-refractivity contribution < 1.29 is 13.2 Å². The fraction of sp³-hybridized carbons (Fsp3) is 0.429. The van der Waals surface area contributed by atoms with Crippen LogP contribution in [0.15, 0.2) is 24.3 Å². The highest BCUT2D eigenvalue weighted by molar-refractivity contribution is 7.05. The molecule has 1 aromatic heterocycles. The Hall–Kier alpha value is -1.47. The molecular formula is C14H16F3N3S. The highest BCUT2D eigenvalue weighted by atomic mass is 32.1. The SMILES string of the molecule is CC(C)c1nnsc1C(N)Cc1cccc(C(F)(F)F)c1. The monoisotopic (exact) mass is 315 g/mol. The van der Waals surface area contributed by atoms with Gasteiger partial charge in [-0.05, 0) is 35.5 Å². The minimum Gasteiger partial charge on any atom is -0.323 e. The number of aromatic nitrogens is 2. The van der Waals surface area contributed by atoms with Crippen LogP contribution in [0.1, 0.15) is 47.5 Å². The smallest absolute Gasteiger partial charge is 0.323 e. The van der Waals surface area contributed by atoms with Crippen molar-refractivity contribution in [3.8, 4) is 0 Å². The maximum Gasteiger partial charge on any atom is 0.416 e. The molecule has 1 heterocycles. The summed E-state index contributed by atoms with van der Waals surface area (Å²) in [5.74, 6) is 0.186. The Morgan fingerprint density at radius 1 is 1.29 bits per heavy atom. The lowest BCUT2D eigenvalue weighted by Gasteiger charge is -2.14. The standard InChI is InChI=1S/C14H16F3N3S/c1-8(2)12-13(21-20-19-12)11(18)7-9-4-3-5-10(6-9)14(15,16)17/h3-6,8,11H,7,18H2,1-2H3. The van der Waals surface area contributed by atoms with E-state index in [1.165, 1.54) is 17.6 Å². The van der Waals surface area contributed by atoms with Crippen LogP contribution in [0.2, 0.25) is 0 Å². The lowest BCUT2D eigenvalue weighted by molar-refractivity contribution is -0.137. The van der Waals surface area contributed by atoms with E-state index in [9.17, 15) is 13.2 Å². The molecular weight excluding hydrogens is 299 g/mol. The first-order valence-corrected chi connectivity index (χ1v) is 7.30. The third kappa shape index (κ3) is 3.79. The van der Waals surface area contributed by atoms with Crippen LogP contribution in [0.25, 0.3) is 0 Å². The second-order valence-electron chi connectivity index (χ2n) is 5.19. The van der Waals surface area contributed by atoms with E-state index in [-0.39, 0.29) is 5.92 Å². The van der Waals surface area contributed by atoms with Crippen LogP contribution in [0.4, 0.5) is 13.2 Å². The van der Waals surface area contributed by atoms with Crippen molar-refractivity contribution in [1.29, 1.82) is 0 Å². The van der Waals surface area contributed by atoms with Crippen molar-refractivity contribution in [2.75, 3.05) is 0 Å². The first-order valence-electron chi connectivity index (χ1n) is 6.53. The van der Waals surface area contributed by atoms with Crippen molar-refractivity contribution in [2.45, 2.75) is 38.4 Å². The molecule has 0 aliphatic carbocycles.